The van der Waals surface area contributed by atoms with Gasteiger partial charge in [0.2, 0.25) is 0 Å². The molecule has 0 saturated carbocycles. The minimum absolute atomic E-state index is 0.504. The molecule has 1 N–H and O–H groups in total. The Labute approximate surface area is 120 Å². The molecular formula is C16H23N3O. The minimum Gasteiger partial charge on any atom is -0.496 e. The Balaban J connectivity index is 2.25. The van der Waals surface area contributed by atoms with Gasteiger partial charge < -0.3 is 15.0 Å². The van der Waals surface area contributed by atoms with Crippen LogP contribution in [-0.2, 0) is 0 Å². The number of aromatic nitrogens is 1. The number of anilines is 1. The van der Waals surface area contributed by atoms with E-state index in [0.717, 1.165) is 35.4 Å². The molecule has 0 aliphatic heterocycles. The first kappa shape index (κ1) is 14.6. The number of pyridine rings is 1. The van der Waals surface area contributed by atoms with Gasteiger partial charge in [0, 0.05) is 43.1 Å². The fourth-order valence-electron chi connectivity index (χ4n) is 2.27. The molecule has 108 valence electrons. The molecule has 2 aromatic rings. The van der Waals surface area contributed by atoms with Gasteiger partial charge in [-0.1, -0.05) is 26.0 Å². The zero-order valence-corrected chi connectivity index (χ0v) is 12.7. The van der Waals surface area contributed by atoms with Crippen LogP contribution in [0.4, 0.5) is 5.82 Å². The third-order valence-electron chi connectivity index (χ3n) is 3.33. The van der Waals surface area contributed by atoms with Gasteiger partial charge in [-0.05, 0) is 12.1 Å². The van der Waals surface area contributed by atoms with Gasteiger partial charge >= 0.3 is 0 Å². The first-order valence-electron chi connectivity index (χ1n) is 6.99. The maximum atomic E-state index is 5.42. The standard InChI is InChI=1S/C16H23N3O/c1-12(2)17-10-11-19(3)16-14-6-5-7-15(20-4)13(14)8-9-18-16/h5-9,12,17H,10-11H2,1-4H3. The van der Waals surface area contributed by atoms with E-state index >= 15 is 0 Å². The van der Waals surface area contributed by atoms with Crippen LogP contribution in [0.5, 0.6) is 5.75 Å². The molecular weight excluding hydrogens is 250 g/mol. The molecule has 1 aromatic carbocycles. The van der Waals surface area contributed by atoms with E-state index in [1.807, 2.05) is 24.4 Å². The van der Waals surface area contributed by atoms with Crippen LogP contribution in [0.15, 0.2) is 30.5 Å². The summed E-state index contributed by atoms with van der Waals surface area (Å²) in [5.74, 6) is 1.88. The summed E-state index contributed by atoms with van der Waals surface area (Å²) in [6.07, 6.45) is 1.84. The molecule has 2 rings (SSSR count). The van der Waals surface area contributed by atoms with Crippen molar-refractivity contribution in [2.24, 2.45) is 0 Å². The van der Waals surface area contributed by atoms with Gasteiger partial charge in [0.1, 0.15) is 11.6 Å². The second-order valence-electron chi connectivity index (χ2n) is 5.22. The molecule has 0 unspecified atom stereocenters. The molecule has 4 heteroatoms. The minimum atomic E-state index is 0.504. The summed E-state index contributed by atoms with van der Waals surface area (Å²) >= 11 is 0. The van der Waals surface area contributed by atoms with Crippen molar-refractivity contribution in [3.05, 3.63) is 30.5 Å². The largest absolute Gasteiger partial charge is 0.496 e. The van der Waals surface area contributed by atoms with E-state index in [1.54, 1.807) is 7.11 Å². The SMILES string of the molecule is COc1cccc2c(N(C)CCNC(C)C)nccc12. The summed E-state index contributed by atoms with van der Waals surface area (Å²) in [4.78, 5) is 6.70. The molecule has 0 spiro atoms. The number of likely N-dealkylation sites (N-methyl/N-ethyl adjacent to an activating group) is 1. The van der Waals surface area contributed by atoms with Crippen LogP contribution in [0.1, 0.15) is 13.8 Å². The lowest BCUT2D eigenvalue weighted by Gasteiger charge is -2.21. The summed E-state index contributed by atoms with van der Waals surface area (Å²) in [6.45, 7) is 6.17. The Morgan fingerprint density at radius 2 is 2.05 bits per heavy atom. The Morgan fingerprint density at radius 3 is 2.75 bits per heavy atom. The summed E-state index contributed by atoms with van der Waals surface area (Å²) in [5, 5.41) is 5.65. The number of methoxy groups -OCH3 is 1. The average Bonchev–Trinajstić information content (AvgIpc) is 2.45. The van der Waals surface area contributed by atoms with Crippen LogP contribution >= 0.6 is 0 Å². The highest BCUT2D eigenvalue weighted by molar-refractivity contribution is 5.96. The second kappa shape index (κ2) is 6.57. The van der Waals surface area contributed by atoms with Crippen molar-refractivity contribution in [3.8, 4) is 5.75 Å². The molecule has 1 aromatic heterocycles. The number of nitrogens with zero attached hydrogens (tertiary/aromatic N) is 2. The van der Waals surface area contributed by atoms with Gasteiger partial charge in [-0.3, -0.25) is 0 Å². The van der Waals surface area contributed by atoms with E-state index in [-0.39, 0.29) is 0 Å². The molecule has 0 atom stereocenters. The molecule has 0 amide bonds. The van der Waals surface area contributed by atoms with Crippen LogP contribution < -0.4 is 15.0 Å². The van der Waals surface area contributed by atoms with E-state index in [9.17, 15) is 0 Å². The summed E-state index contributed by atoms with van der Waals surface area (Å²) in [7, 11) is 3.77. The van der Waals surface area contributed by atoms with Crippen LogP contribution in [0.3, 0.4) is 0 Å². The van der Waals surface area contributed by atoms with Crippen LogP contribution in [-0.4, -0.2) is 38.3 Å². The monoisotopic (exact) mass is 273 g/mol. The van der Waals surface area contributed by atoms with Crippen molar-refractivity contribution in [2.45, 2.75) is 19.9 Å². The number of nitrogens with one attached hydrogen (secondary N) is 1. The molecule has 20 heavy (non-hydrogen) atoms. The molecule has 4 nitrogen and oxygen atoms in total. The molecule has 0 aliphatic rings. The van der Waals surface area contributed by atoms with Gasteiger partial charge in [0.05, 0.1) is 7.11 Å². The zero-order chi connectivity index (χ0) is 14.5. The maximum absolute atomic E-state index is 5.42. The van der Waals surface area contributed by atoms with Crippen molar-refractivity contribution in [3.63, 3.8) is 0 Å². The molecule has 0 fully saturated rings. The highest BCUT2D eigenvalue weighted by Crippen LogP contribution is 2.30. The van der Waals surface area contributed by atoms with Gasteiger partial charge in [-0.2, -0.15) is 0 Å². The maximum Gasteiger partial charge on any atom is 0.136 e. The van der Waals surface area contributed by atoms with Crippen LogP contribution in [0.2, 0.25) is 0 Å². The number of fused-ring (bicyclic) bond motifs is 1. The lowest BCUT2D eigenvalue weighted by Crippen LogP contribution is -2.33. The number of rotatable bonds is 6. The molecule has 1 heterocycles. The predicted molar refractivity (Wildman–Crippen MR) is 84.7 cm³/mol. The van der Waals surface area contributed by atoms with Crippen molar-refractivity contribution in [2.75, 3.05) is 32.1 Å². The third kappa shape index (κ3) is 3.20. The highest BCUT2D eigenvalue weighted by atomic mass is 16.5. The van der Waals surface area contributed by atoms with Crippen molar-refractivity contribution in [1.29, 1.82) is 0 Å². The van der Waals surface area contributed by atoms with E-state index < -0.39 is 0 Å². The van der Waals surface area contributed by atoms with E-state index in [2.05, 4.69) is 42.2 Å². The van der Waals surface area contributed by atoms with Crippen LogP contribution in [0, 0.1) is 0 Å². The smallest absolute Gasteiger partial charge is 0.136 e. The zero-order valence-electron chi connectivity index (χ0n) is 12.7. The van der Waals surface area contributed by atoms with E-state index in [4.69, 9.17) is 4.74 Å². The van der Waals surface area contributed by atoms with Crippen molar-refractivity contribution >= 4 is 16.6 Å². The van der Waals surface area contributed by atoms with E-state index in [1.165, 1.54) is 0 Å². The van der Waals surface area contributed by atoms with Gasteiger partial charge in [-0.25, -0.2) is 4.98 Å². The lowest BCUT2D eigenvalue weighted by atomic mass is 10.1. The number of benzene rings is 1. The fourth-order valence-corrected chi connectivity index (χ4v) is 2.27. The van der Waals surface area contributed by atoms with E-state index in [0.29, 0.717) is 6.04 Å². The first-order chi connectivity index (χ1) is 9.63. The van der Waals surface area contributed by atoms with Gasteiger partial charge in [0.25, 0.3) is 0 Å². The number of ether oxygens (including phenoxy) is 1. The van der Waals surface area contributed by atoms with Gasteiger partial charge in [0.15, 0.2) is 0 Å². The Kier molecular flexibility index (Phi) is 4.79. The van der Waals surface area contributed by atoms with Crippen molar-refractivity contribution in [1.82, 2.24) is 10.3 Å². The fraction of sp³-hybridized carbons (Fsp3) is 0.438. The first-order valence-corrected chi connectivity index (χ1v) is 6.99. The summed E-state index contributed by atoms with van der Waals surface area (Å²) < 4.78 is 5.42. The molecule has 0 saturated heterocycles. The molecule has 0 aliphatic carbocycles. The lowest BCUT2D eigenvalue weighted by molar-refractivity contribution is 0.420. The average molecular weight is 273 g/mol. The third-order valence-corrected chi connectivity index (χ3v) is 3.33. The molecule has 0 bridgehead atoms. The summed E-state index contributed by atoms with van der Waals surface area (Å²) in [6, 6.07) is 8.58. The summed E-state index contributed by atoms with van der Waals surface area (Å²) in [5.41, 5.74) is 0. The normalized spacial score (nSPS) is 11.1. The number of hydrogen-bond donors (Lipinski definition) is 1. The number of hydrogen-bond acceptors (Lipinski definition) is 4. The van der Waals surface area contributed by atoms with Gasteiger partial charge in [-0.15, -0.1) is 0 Å². The quantitative estimate of drug-likeness (QED) is 0.878. The Bertz CT molecular complexity index is 569. The topological polar surface area (TPSA) is 37.4 Å². The second-order valence-corrected chi connectivity index (χ2v) is 5.22. The highest BCUT2D eigenvalue weighted by Gasteiger charge is 2.10. The van der Waals surface area contributed by atoms with Crippen LogP contribution in [0.25, 0.3) is 10.8 Å². The Hall–Kier alpha value is -1.81. The van der Waals surface area contributed by atoms with Crippen molar-refractivity contribution < 1.29 is 4.74 Å². The predicted octanol–water partition coefficient (Wildman–Crippen LogP) is 2.68. The Morgan fingerprint density at radius 1 is 1.25 bits per heavy atom. The molecule has 0 radical (unpaired) electrons.